The van der Waals surface area contributed by atoms with Gasteiger partial charge in [0.1, 0.15) is 5.75 Å². The minimum absolute atomic E-state index is 0.139. The highest BCUT2D eigenvalue weighted by atomic mass is 32.2. The van der Waals surface area contributed by atoms with Gasteiger partial charge in [0.25, 0.3) is 5.91 Å². The van der Waals surface area contributed by atoms with Gasteiger partial charge in [-0.2, -0.15) is 0 Å². The number of phenols is 1. The van der Waals surface area contributed by atoms with Gasteiger partial charge < -0.3 is 10.4 Å². The zero-order valence-electron chi connectivity index (χ0n) is 11.5. The van der Waals surface area contributed by atoms with Crippen LogP contribution in [-0.2, 0) is 0 Å². The van der Waals surface area contributed by atoms with Crippen molar-refractivity contribution < 1.29 is 9.90 Å². The molecule has 2 rings (SSSR count). The maximum atomic E-state index is 11.9. The molecule has 0 bridgehead atoms. The Morgan fingerprint density at radius 2 is 2.27 bits per heavy atom. The first-order chi connectivity index (χ1) is 10.7. The first-order valence-electron chi connectivity index (χ1n) is 6.41. The van der Waals surface area contributed by atoms with Crippen molar-refractivity contribution in [2.75, 3.05) is 12.3 Å². The molecule has 1 amide bonds. The first kappa shape index (κ1) is 15.7. The molecule has 0 unspecified atom stereocenters. The highest BCUT2D eigenvalue weighted by molar-refractivity contribution is 7.99. The van der Waals surface area contributed by atoms with E-state index in [1.807, 2.05) is 18.2 Å². The van der Waals surface area contributed by atoms with E-state index in [1.54, 1.807) is 6.20 Å². The second kappa shape index (κ2) is 7.92. The van der Waals surface area contributed by atoms with E-state index in [0.29, 0.717) is 12.3 Å². The summed E-state index contributed by atoms with van der Waals surface area (Å²) in [5, 5.41) is 16.7. The fourth-order valence-corrected chi connectivity index (χ4v) is 2.40. The Morgan fingerprint density at radius 1 is 1.41 bits per heavy atom. The van der Waals surface area contributed by atoms with Crippen molar-refractivity contribution >= 4 is 23.4 Å². The number of carbonyl (C=O) groups is 1. The molecule has 0 aliphatic carbocycles. The Morgan fingerprint density at radius 3 is 2.95 bits per heavy atom. The van der Waals surface area contributed by atoms with Crippen LogP contribution in [0.2, 0.25) is 0 Å². The monoisotopic (exact) mass is 315 g/mol. The summed E-state index contributed by atoms with van der Waals surface area (Å²) >= 11 is 1.53. The highest BCUT2D eigenvalue weighted by Crippen LogP contribution is 2.24. The van der Waals surface area contributed by atoms with Crippen LogP contribution in [0.4, 0.5) is 5.69 Å². The van der Waals surface area contributed by atoms with Gasteiger partial charge in [0.05, 0.1) is 10.6 Å². The van der Waals surface area contributed by atoms with Crippen molar-refractivity contribution in [2.45, 2.75) is 5.03 Å². The molecule has 0 spiro atoms. The number of phenolic OH excluding ortho intramolecular Hbond substituents is 1. The Balaban J connectivity index is 1.86. The lowest BCUT2D eigenvalue weighted by molar-refractivity contribution is 0.0953. The molecule has 22 heavy (non-hydrogen) atoms. The maximum Gasteiger partial charge on any atom is 0.255 e. The van der Waals surface area contributed by atoms with Crippen molar-refractivity contribution in [2.24, 2.45) is 5.11 Å². The van der Waals surface area contributed by atoms with Crippen molar-refractivity contribution in [3.63, 3.8) is 0 Å². The fraction of sp³-hybridized carbons (Fsp3) is 0.143. The molecule has 0 aliphatic heterocycles. The molecule has 0 radical (unpaired) electrons. The van der Waals surface area contributed by atoms with Gasteiger partial charge in [0, 0.05) is 29.1 Å². The van der Waals surface area contributed by atoms with E-state index in [9.17, 15) is 9.90 Å². The van der Waals surface area contributed by atoms with Crippen molar-refractivity contribution in [3.05, 3.63) is 58.6 Å². The fourth-order valence-electron chi connectivity index (χ4n) is 1.67. The van der Waals surface area contributed by atoms with E-state index >= 15 is 0 Å². The van der Waals surface area contributed by atoms with E-state index in [1.165, 1.54) is 30.0 Å². The zero-order valence-corrected chi connectivity index (χ0v) is 12.3. The van der Waals surface area contributed by atoms with Crippen molar-refractivity contribution in [3.8, 4) is 5.75 Å². The summed E-state index contributed by atoms with van der Waals surface area (Å²) in [6, 6.07) is 9.77. The topological polar surface area (TPSA) is 111 Å². The number of benzene rings is 1. The number of thioether (sulfide) groups is 1. The summed E-state index contributed by atoms with van der Waals surface area (Å²) in [5.74, 6) is 0.0618. The van der Waals surface area contributed by atoms with E-state index in [2.05, 4.69) is 20.3 Å². The molecule has 0 aliphatic rings. The predicted molar refractivity (Wildman–Crippen MR) is 84.2 cm³/mol. The number of hydrogen-bond donors (Lipinski definition) is 2. The third kappa shape index (κ3) is 4.41. The van der Waals surface area contributed by atoms with Crippen LogP contribution in [0.3, 0.4) is 0 Å². The second-order valence-electron chi connectivity index (χ2n) is 4.16. The molecule has 0 saturated heterocycles. The molecule has 2 aromatic rings. The molecular weight excluding hydrogens is 302 g/mol. The van der Waals surface area contributed by atoms with Gasteiger partial charge in [-0.25, -0.2) is 4.98 Å². The van der Waals surface area contributed by atoms with Crippen LogP contribution in [0.1, 0.15) is 10.4 Å². The standard InChI is InChI=1S/C14H13N5O2S/c15-19-18-10-4-5-11(12(20)9-10)14(21)17-7-8-22-13-3-1-2-6-16-13/h1-6,9,20H,7-8H2,(H,17,21). The molecule has 1 aromatic carbocycles. The second-order valence-corrected chi connectivity index (χ2v) is 5.28. The lowest BCUT2D eigenvalue weighted by atomic mass is 10.1. The van der Waals surface area contributed by atoms with Gasteiger partial charge >= 0.3 is 0 Å². The number of amides is 1. The number of aromatic hydroxyl groups is 1. The summed E-state index contributed by atoms with van der Waals surface area (Å²) in [6.07, 6.45) is 1.71. The summed E-state index contributed by atoms with van der Waals surface area (Å²) in [6.45, 7) is 0.442. The van der Waals surface area contributed by atoms with Gasteiger partial charge in [-0.05, 0) is 29.8 Å². The Bertz CT molecular complexity index is 702. The number of hydrogen-bond acceptors (Lipinski definition) is 5. The van der Waals surface area contributed by atoms with Crippen LogP contribution in [0.15, 0.2) is 52.7 Å². The Labute approximate surface area is 131 Å². The van der Waals surface area contributed by atoms with Crippen LogP contribution >= 0.6 is 11.8 Å². The smallest absolute Gasteiger partial charge is 0.255 e. The average Bonchev–Trinajstić information content (AvgIpc) is 2.53. The zero-order chi connectivity index (χ0) is 15.8. The van der Waals surface area contributed by atoms with Gasteiger partial charge in [-0.15, -0.1) is 11.8 Å². The SMILES string of the molecule is [N-]=[N+]=Nc1ccc(C(=O)NCCSc2ccccn2)c(O)c1. The van der Waals surface area contributed by atoms with Crippen molar-refractivity contribution in [1.82, 2.24) is 10.3 Å². The van der Waals surface area contributed by atoms with Crippen LogP contribution in [0.5, 0.6) is 5.75 Å². The van der Waals surface area contributed by atoms with Gasteiger partial charge in [-0.3, -0.25) is 4.79 Å². The molecule has 7 nitrogen and oxygen atoms in total. The Kier molecular flexibility index (Phi) is 5.65. The maximum absolute atomic E-state index is 11.9. The van der Waals surface area contributed by atoms with E-state index < -0.39 is 0 Å². The number of azide groups is 1. The van der Waals surface area contributed by atoms with Crippen LogP contribution in [-0.4, -0.2) is 28.3 Å². The van der Waals surface area contributed by atoms with Gasteiger partial charge in [0.2, 0.25) is 0 Å². The molecular formula is C14H13N5O2S. The molecule has 0 saturated carbocycles. The van der Waals surface area contributed by atoms with Crippen LogP contribution in [0.25, 0.3) is 10.4 Å². The summed E-state index contributed by atoms with van der Waals surface area (Å²) < 4.78 is 0. The van der Waals surface area contributed by atoms with E-state index in [-0.39, 0.29) is 22.9 Å². The lowest BCUT2D eigenvalue weighted by Gasteiger charge is -2.07. The first-order valence-corrected chi connectivity index (χ1v) is 7.39. The van der Waals surface area contributed by atoms with Gasteiger partial charge in [-0.1, -0.05) is 17.2 Å². The number of aromatic nitrogens is 1. The van der Waals surface area contributed by atoms with E-state index in [4.69, 9.17) is 5.53 Å². The molecule has 1 heterocycles. The van der Waals surface area contributed by atoms with Crippen molar-refractivity contribution in [1.29, 1.82) is 0 Å². The van der Waals surface area contributed by atoms with Crippen LogP contribution < -0.4 is 5.32 Å². The number of carbonyl (C=O) groups excluding carboxylic acids is 1. The average molecular weight is 315 g/mol. The number of pyridine rings is 1. The third-order valence-electron chi connectivity index (χ3n) is 2.66. The molecule has 1 aromatic heterocycles. The quantitative estimate of drug-likeness (QED) is 0.280. The molecule has 8 heteroatoms. The molecule has 0 atom stereocenters. The normalized spacial score (nSPS) is 9.82. The summed E-state index contributed by atoms with van der Waals surface area (Å²) in [7, 11) is 0. The molecule has 2 N–H and O–H groups in total. The predicted octanol–water partition coefficient (Wildman–Crippen LogP) is 3.25. The van der Waals surface area contributed by atoms with Gasteiger partial charge in [0.15, 0.2) is 0 Å². The lowest BCUT2D eigenvalue weighted by Crippen LogP contribution is -2.25. The largest absolute Gasteiger partial charge is 0.507 e. The molecule has 0 fully saturated rings. The Hall–Kier alpha value is -2.70. The minimum atomic E-state index is -0.383. The minimum Gasteiger partial charge on any atom is -0.507 e. The number of nitrogens with zero attached hydrogens (tertiary/aromatic N) is 4. The van der Waals surface area contributed by atoms with E-state index in [0.717, 1.165) is 5.03 Å². The number of rotatable bonds is 6. The summed E-state index contributed by atoms with van der Waals surface area (Å²) in [4.78, 5) is 18.7. The summed E-state index contributed by atoms with van der Waals surface area (Å²) in [5.41, 5.74) is 8.71. The van der Waals surface area contributed by atoms with Crippen LogP contribution in [0, 0.1) is 0 Å². The number of nitrogens with one attached hydrogen (secondary N) is 1. The highest BCUT2D eigenvalue weighted by Gasteiger charge is 2.10. The third-order valence-corrected chi connectivity index (χ3v) is 3.61. The molecule has 112 valence electrons.